The van der Waals surface area contributed by atoms with E-state index in [0.717, 1.165) is 31.7 Å². The minimum absolute atomic E-state index is 0. The normalized spacial score (nSPS) is 16.6. The fraction of sp³-hybridized carbons (Fsp3) is 0.462. The lowest BCUT2D eigenvalue weighted by molar-refractivity contribution is 0.175. The van der Waals surface area contributed by atoms with E-state index in [1.165, 1.54) is 0 Å². The zero-order chi connectivity index (χ0) is 12.1. The molecule has 0 bridgehead atoms. The van der Waals surface area contributed by atoms with E-state index in [-0.39, 0.29) is 36.6 Å². The van der Waals surface area contributed by atoms with Crippen LogP contribution in [0.25, 0.3) is 0 Å². The molecule has 0 unspecified atom stereocenters. The average Bonchev–Trinajstić information content (AvgIpc) is 2.37. The summed E-state index contributed by atoms with van der Waals surface area (Å²) in [5.74, 6) is 0.264. The quantitative estimate of drug-likeness (QED) is 0.898. The van der Waals surface area contributed by atoms with Gasteiger partial charge in [0.1, 0.15) is 5.75 Å². The molecule has 0 radical (unpaired) electrons. The summed E-state index contributed by atoms with van der Waals surface area (Å²) < 4.78 is 0. The summed E-state index contributed by atoms with van der Waals surface area (Å²) in [6.45, 7) is 3.81. The molecule has 1 heterocycles. The van der Waals surface area contributed by atoms with Crippen LogP contribution in [-0.2, 0) is 0 Å². The largest absolute Gasteiger partial charge is 0.508 e. The number of rotatable bonds is 3. The number of phenols is 1. The van der Waals surface area contributed by atoms with E-state index >= 15 is 0 Å². The maximum atomic E-state index is 9.51. The van der Waals surface area contributed by atoms with Crippen LogP contribution in [0.5, 0.6) is 5.75 Å². The molecule has 106 valence electrons. The summed E-state index contributed by atoms with van der Waals surface area (Å²) in [4.78, 5) is 2.30. The number of nitriles is 1. The third-order valence-electron chi connectivity index (χ3n) is 3.13. The predicted molar refractivity (Wildman–Crippen MR) is 80.0 cm³/mol. The molecular formula is C13H19Cl2N3O. The summed E-state index contributed by atoms with van der Waals surface area (Å²) in [7, 11) is 0. The molecule has 1 aliphatic rings. The number of hydrogen-bond donors (Lipinski definition) is 2. The van der Waals surface area contributed by atoms with Crippen LogP contribution in [0.3, 0.4) is 0 Å². The van der Waals surface area contributed by atoms with Crippen molar-refractivity contribution in [1.29, 1.82) is 5.26 Å². The third kappa shape index (κ3) is 4.88. The van der Waals surface area contributed by atoms with Gasteiger partial charge in [-0.25, -0.2) is 0 Å². The van der Waals surface area contributed by atoms with Crippen LogP contribution in [0.4, 0.5) is 0 Å². The van der Waals surface area contributed by atoms with Gasteiger partial charge in [-0.2, -0.15) is 5.26 Å². The zero-order valence-electron chi connectivity index (χ0n) is 10.6. The Labute approximate surface area is 126 Å². The van der Waals surface area contributed by atoms with Gasteiger partial charge in [-0.3, -0.25) is 4.90 Å². The highest BCUT2D eigenvalue weighted by molar-refractivity contribution is 5.85. The van der Waals surface area contributed by atoms with Crippen LogP contribution in [0, 0.1) is 11.3 Å². The van der Waals surface area contributed by atoms with Gasteiger partial charge in [-0.15, -0.1) is 24.8 Å². The fourth-order valence-electron chi connectivity index (χ4n) is 2.27. The average molecular weight is 304 g/mol. The van der Waals surface area contributed by atoms with Crippen LogP contribution in [0.15, 0.2) is 24.3 Å². The zero-order valence-corrected chi connectivity index (χ0v) is 12.2. The van der Waals surface area contributed by atoms with Crippen molar-refractivity contribution in [2.24, 2.45) is 0 Å². The number of halogens is 2. The van der Waals surface area contributed by atoms with Gasteiger partial charge >= 0.3 is 0 Å². The van der Waals surface area contributed by atoms with Crippen molar-refractivity contribution < 1.29 is 5.11 Å². The second kappa shape index (κ2) is 9.00. The van der Waals surface area contributed by atoms with Crippen molar-refractivity contribution in [3.8, 4) is 11.8 Å². The van der Waals surface area contributed by atoms with Crippen molar-refractivity contribution in [1.82, 2.24) is 10.2 Å². The lowest BCUT2D eigenvalue weighted by Gasteiger charge is -2.34. The van der Waals surface area contributed by atoms with Gasteiger partial charge in [0.25, 0.3) is 0 Å². The summed E-state index contributed by atoms with van der Waals surface area (Å²) in [6, 6.07) is 9.55. The molecule has 1 atom stereocenters. The molecule has 1 aromatic carbocycles. The number of aromatic hydroxyl groups is 1. The van der Waals surface area contributed by atoms with Gasteiger partial charge in [0.15, 0.2) is 0 Å². The number of benzene rings is 1. The molecular weight excluding hydrogens is 285 g/mol. The van der Waals surface area contributed by atoms with Crippen LogP contribution in [0.2, 0.25) is 0 Å². The highest BCUT2D eigenvalue weighted by atomic mass is 35.5. The van der Waals surface area contributed by atoms with Crippen LogP contribution >= 0.6 is 24.8 Å². The maximum absolute atomic E-state index is 9.51. The molecule has 0 saturated carbocycles. The Bertz CT molecular complexity index is 417. The van der Waals surface area contributed by atoms with Crippen molar-refractivity contribution in [2.45, 2.75) is 12.5 Å². The summed E-state index contributed by atoms with van der Waals surface area (Å²) in [6.07, 6.45) is 0.462. The van der Waals surface area contributed by atoms with Crippen molar-refractivity contribution >= 4 is 24.8 Å². The Morgan fingerprint density at radius 1 is 1.32 bits per heavy atom. The minimum Gasteiger partial charge on any atom is -0.508 e. The topological polar surface area (TPSA) is 59.3 Å². The Hall–Kier alpha value is -0.990. The van der Waals surface area contributed by atoms with Gasteiger partial charge in [0.2, 0.25) is 0 Å². The fourth-order valence-corrected chi connectivity index (χ4v) is 2.27. The third-order valence-corrected chi connectivity index (χ3v) is 3.13. The van der Waals surface area contributed by atoms with E-state index in [2.05, 4.69) is 16.3 Å². The molecule has 4 nitrogen and oxygen atoms in total. The Morgan fingerprint density at radius 3 is 2.58 bits per heavy atom. The molecule has 0 aromatic heterocycles. The second-order valence-corrected chi connectivity index (χ2v) is 4.26. The van der Waals surface area contributed by atoms with Gasteiger partial charge < -0.3 is 10.4 Å². The maximum Gasteiger partial charge on any atom is 0.115 e. The monoisotopic (exact) mass is 303 g/mol. The first-order valence-corrected chi connectivity index (χ1v) is 5.92. The highest BCUT2D eigenvalue weighted by Gasteiger charge is 2.21. The first-order valence-electron chi connectivity index (χ1n) is 5.92. The van der Waals surface area contributed by atoms with Gasteiger partial charge in [0.05, 0.1) is 12.5 Å². The van der Waals surface area contributed by atoms with E-state index in [9.17, 15) is 5.11 Å². The van der Waals surface area contributed by atoms with Crippen molar-refractivity contribution in [3.63, 3.8) is 0 Å². The van der Waals surface area contributed by atoms with Crippen molar-refractivity contribution in [2.75, 3.05) is 26.2 Å². The summed E-state index contributed by atoms with van der Waals surface area (Å²) in [5.41, 5.74) is 1.02. The molecule has 1 aromatic rings. The highest BCUT2D eigenvalue weighted by Crippen LogP contribution is 2.26. The first-order chi connectivity index (χ1) is 8.31. The number of piperazine rings is 1. The Balaban J connectivity index is 0.00000162. The second-order valence-electron chi connectivity index (χ2n) is 4.26. The number of phenolic OH excluding ortho intramolecular Hbond substituents is 1. The van der Waals surface area contributed by atoms with Crippen LogP contribution in [-0.4, -0.2) is 36.2 Å². The summed E-state index contributed by atoms with van der Waals surface area (Å²) in [5, 5.41) is 21.8. The van der Waals surface area contributed by atoms with Crippen molar-refractivity contribution in [3.05, 3.63) is 29.8 Å². The lowest BCUT2D eigenvalue weighted by Crippen LogP contribution is -2.45. The van der Waals surface area contributed by atoms with E-state index < -0.39 is 0 Å². The standard InChI is InChI=1S/C13H17N3O.2ClH/c14-5-4-13(16-8-6-15-7-9-16)11-2-1-3-12(17)10-11;;/h1-3,10,13,15,17H,4,6-9H2;2*1H/t13-;;/m0../s1. The molecule has 1 aliphatic heterocycles. The molecule has 1 saturated heterocycles. The molecule has 19 heavy (non-hydrogen) atoms. The molecule has 1 fully saturated rings. The smallest absolute Gasteiger partial charge is 0.115 e. The summed E-state index contributed by atoms with van der Waals surface area (Å²) >= 11 is 0. The number of nitrogens with one attached hydrogen (secondary N) is 1. The van der Waals surface area contributed by atoms with E-state index in [4.69, 9.17) is 5.26 Å². The molecule has 0 amide bonds. The molecule has 0 spiro atoms. The van der Waals surface area contributed by atoms with Gasteiger partial charge in [0, 0.05) is 32.2 Å². The molecule has 6 heteroatoms. The van der Waals surface area contributed by atoms with E-state index in [0.29, 0.717) is 6.42 Å². The van der Waals surface area contributed by atoms with E-state index in [1.807, 2.05) is 12.1 Å². The Kier molecular flexibility index (Phi) is 8.53. The lowest BCUT2D eigenvalue weighted by atomic mass is 10.0. The van der Waals surface area contributed by atoms with Gasteiger partial charge in [-0.1, -0.05) is 12.1 Å². The van der Waals surface area contributed by atoms with Crippen LogP contribution in [0.1, 0.15) is 18.0 Å². The molecule has 2 N–H and O–H groups in total. The number of hydrogen-bond acceptors (Lipinski definition) is 4. The molecule has 2 rings (SSSR count). The first kappa shape index (κ1) is 18.0. The van der Waals surface area contributed by atoms with Gasteiger partial charge in [-0.05, 0) is 17.7 Å². The number of nitrogens with zero attached hydrogens (tertiary/aromatic N) is 2. The minimum atomic E-state index is 0. The van der Waals surface area contributed by atoms with Crippen LogP contribution < -0.4 is 5.32 Å². The SMILES string of the molecule is Cl.Cl.N#CC[C@@H](c1cccc(O)c1)N1CCNCC1. The Morgan fingerprint density at radius 2 is 2.00 bits per heavy atom. The molecule has 0 aliphatic carbocycles. The van der Waals surface area contributed by atoms with E-state index in [1.54, 1.807) is 12.1 Å². The predicted octanol–water partition coefficient (Wildman–Crippen LogP) is 2.10.